The summed E-state index contributed by atoms with van der Waals surface area (Å²) in [6.45, 7) is 2.13. The lowest BCUT2D eigenvalue weighted by molar-refractivity contribution is -0.133. The van der Waals surface area contributed by atoms with Crippen LogP contribution in [0.1, 0.15) is 36.2 Å². The second-order valence-electron chi connectivity index (χ2n) is 8.31. The highest BCUT2D eigenvalue weighted by Gasteiger charge is 2.59. The lowest BCUT2D eigenvalue weighted by Gasteiger charge is -2.42. The Balaban J connectivity index is 1.75. The summed E-state index contributed by atoms with van der Waals surface area (Å²) in [6.07, 6.45) is 0.955. The van der Waals surface area contributed by atoms with Crippen LogP contribution in [0.4, 0.5) is 4.79 Å². The number of rotatable bonds is 4. The molecule has 2 atom stereocenters. The Morgan fingerprint density at radius 3 is 2.81 bits per heavy atom. The topological polar surface area (TPSA) is 76.6 Å². The molecule has 0 bridgehead atoms. The molecule has 1 aromatic heterocycles. The van der Waals surface area contributed by atoms with Gasteiger partial charge in [0.1, 0.15) is 17.3 Å². The van der Waals surface area contributed by atoms with Crippen LogP contribution in [0.5, 0.6) is 5.75 Å². The molecule has 0 saturated carbocycles. The maximum absolute atomic E-state index is 13.5. The molecule has 8 heteroatoms. The number of nitrogens with one attached hydrogen (secondary N) is 1. The van der Waals surface area contributed by atoms with Crippen LogP contribution in [0, 0.1) is 0 Å². The fourth-order valence-electron chi connectivity index (χ4n) is 4.94. The van der Waals surface area contributed by atoms with Gasteiger partial charge in [-0.15, -0.1) is 11.6 Å². The number of urea groups is 1. The zero-order chi connectivity index (χ0) is 21.9. The van der Waals surface area contributed by atoms with Crippen molar-refractivity contribution in [3.05, 3.63) is 63.8 Å². The largest absolute Gasteiger partial charge is 0.508 e. The number of phenolic OH excluding ortho intramolecular Hbond substituents is 1. The van der Waals surface area contributed by atoms with Crippen molar-refractivity contribution in [1.82, 2.24) is 14.8 Å². The number of aromatic nitrogens is 1. The van der Waals surface area contributed by atoms with Crippen LogP contribution in [0.15, 0.2) is 46.9 Å². The molecule has 1 fully saturated rings. The Hall–Kier alpha value is -2.51. The number of benzene rings is 2. The molecule has 3 heterocycles. The molecule has 3 amide bonds. The normalized spacial score (nSPS) is 22.9. The standard InChI is InChI=1S/C23H21BrClN3O3/c1-23-12-17-16-11-14(24)6-7-18(16)26-19(17)20(13-4-2-5-15(29)10-13)28(23)22(31)27(21(23)30)9-3-8-25/h2,4-7,10-11,20,26,29H,3,8-9,12H2,1H3. The number of aromatic amines is 1. The van der Waals surface area contributed by atoms with Gasteiger partial charge in [-0.25, -0.2) is 4.79 Å². The number of nitrogens with zero attached hydrogens (tertiary/aromatic N) is 2. The fraction of sp³-hybridized carbons (Fsp3) is 0.304. The van der Waals surface area contributed by atoms with Crippen LogP contribution < -0.4 is 0 Å². The molecule has 2 N–H and O–H groups in total. The van der Waals surface area contributed by atoms with E-state index in [1.807, 2.05) is 31.2 Å². The van der Waals surface area contributed by atoms with E-state index in [0.717, 1.165) is 32.2 Å². The summed E-state index contributed by atoms with van der Waals surface area (Å²) in [4.78, 5) is 33.5. The van der Waals surface area contributed by atoms with E-state index in [0.29, 0.717) is 25.3 Å². The van der Waals surface area contributed by atoms with Crippen molar-refractivity contribution < 1.29 is 14.7 Å². The Morgan fingerprint density at radius 1 is 1.26 bits per heavy atom. The molecule has 0 aliphatic carbocycles. The van der Waals surface area contributed by atoms with Crippen LogP contribution in [0.25, 0.3) is 10.9 Å². The summed E-state index contributed by atoms with van der Waals surface area (Å²) in [5.74, 6) is 0.284. The molecule has 160 valence electrons. The first-order chi connectivity index (χ1) is 14.8. The van der Waals surface area contributed by atoms with E-state index in [9.17, 15) is 14.7 Å². The molecule has 2 aliphatic rings. The third-order valence-corrected chi connectivity index (χ3v) is 7.09. The van der Waals surface area contributed by atoms with Gasteiger partial charge in [0.25, 0.3) is 5.91 Å². The maximum Gasteiger partial charge on any atom is 0.328 e. The van der Waals surface area contributed by atoms with E-state index in [1.165, 1.54) is 4.90 Å². The van der Waals surface area contributed by atoms with Gasteiger partial charge in [-0.1, -0.05) is 28.1 Å². The number of imide groups is 1. The molecule has 31 heavy (non-hydrogen) atoms. The monoisotopic (exact) mass is 501 g/mol. The predicted molar refractivity (Wildman–Crippen MR) is 122 cm³/mol. The van der Waals surface area contributed by atoms with Gasteiger partial charge in [0.15, 0.2) is 0 Å². The number of fused-ring (bicyclic) bond motifs is 4. The lowest BCUT2D eigenvalue weighted by atomic mass is 9.81. The Bertz CT molecular complexity index is 1230. The van der Waals surface area contributed by atoms with Crippen molar-refractivity contribution in [1.29, 1.82) is 0 Å². The number of H-pyrrole nitrogens is 1. The molecule has 6 nitrogen and oxygen atoms in total. The molecule has 2 aromatic carbocycles. The average Bonchev–Trinajstić information content (AvgIpc) is 3.17. The van der Waals surface area contributed by atoms with E-state index >= 15 is 0 Å². The number of hydrogen-bond donors (Lipinski definition) is 2. The molecule has 2 unspecified atom stereocenters. The summed E-state index contributed by atoms with van der Waals surface area (Å²) in [6, 6.07) is 12.0. The molecule has 2 aliphatic heterocycles. The van der Waals surface area contributed by atoms with Crippen LogP contribution >= 0.6 is 27.5 Å². The van der Waals surface area contributed by atoms with Crippen LogP contribution in [0.3, 0.4) is 0 Å². The molecule has 3 aromatic rings. The quantitative estimate of drug-likeness (QED) is 0.392. The molecular weight excluding hydrogens is 482 g/mol. The second kappa shape index (κ2) is 7.28. The minimum Gasteiger partial charge on any atom is -0.508 e. The number of carbonyl (C=O) groups excluding carboxylic acids is 2. The minimum atomic E-state index is -1.02. The fourth-order valence-corrected chi connectivity index (χ4v) is 5.42. The van der Waals surface area contributed by atoms with Crippen molar-refractivity contribution in [2.75, 3.05) is 12.4 Å². The van der Waals surface area contributed by atoms with E-state index in [4.69, 9.17) is 11.6 Å². The number of amides is 3. The van der Waals surface area contributed by atoms with Gasteiger partial charge < -0.3 is 10.1 Å². The first-order valence-corrected chi connectivity index (χ1v) is 11.5. The lowest BCUT2D eigenvalue weighted by Crippen LogP contribution is -2.53. The zero-order valence-corrected chi connectivity index (χ0v) is 19.2. The van der Waals surface area contributed by atoms with E-state index < -0.39 is 11.6 Å². The smallest absolute Gasteiger partial charge is 0.328 e. The third kappa shape index (κ3) is 2.97. The number of aromatic hydroxyl groups is 1. The van der Waals surface area contributed by atoms with E-state index in [2.05, 4.69) is 20.9 Å². The Morgan fingerprint density at radius 2 is 2.06 bits per heavy atom. The SMILES string of the molecule is CC12Cc3c([nH]c4ccc(Br)cc34)C(c3cccc(O)c3)N1C(=O)N(CCCCl)C2=O. The first kappa shape index (κ1) is 20.4. The highest BCUT2D eigenvalue weighted by molar-refractivity contribution is 9.10. The van der Waals surface area contributed by atoms with Crippen molar-refractivity contribution in [2.24, 2.45) is 0 Å². The summed E-state index contributed by atoms with van der Waals surface area (Å²) in [5, 5.41) is 11.2. The molecule has 1 saturated heterocycles. The molecule has 0 radical (unpaired) electrons. The van der Waals surface area contributed by atoms with Gasteiger partial charge in [0, 0.05) is 39.9 Å². The van der Waals surface area contributed by atoms with Crippen molar-refractivity contribution in [3.63, 3.8) is 0 Å². The number of halogens is 2. The highest BCUT2D eigenvalue weighted by Crippen LogP contribution is 2.49. The summed E-state index contributed by atoms with van der Waals surface area (Å²) >= 11 is 9.39. The van der Waals surface area contributed by atoms with Crippen molar-refractivity contribution >= 4 is 50.4 Å². The zero-order valence-electron chi connectivity index (χ0n) is 16.9. The summed E-state index contributed by atoms with van der Waals surface area (Å²) < 4.78 is 0.945. The molecule has 5 rings (SSSR count). The van der Waals surface area contributed by atoms with Gasteiger partial charge in [-0.05, 0) is 54.8 Å². The number of carbonyl (C=O) groups is 2. The van der Waals surface area contributed by atoms with Gasteiger partial charge >= 0.3 is 6.03 Å². The van der Waals surface area contributed by atoms with Gasteiger partial charge in [-0.2, -0.15) is 0 Å². The first-order valence-electron chi connectivity index (χ1n) is 10.2. The number of hydrogen-bond acceptors (Lipinski definition) is 3. The van der Waals surface area contributed by atoms with Crippen LogP contribution in [-0.4, -0.2) is 49.8 Å². The molecular formula is C23H21BrClN3O3. The Kier molecular flexibility index (Phi) is 4.79. The van der Waals surface area contributed by atoms with Gasteiger partial charge in [0.05, 0.1) is 0 Å². The van der Waals surface area contributed by atoms with Crippen molar-refractivity contribution in [3.8, 4) is 5.75 Å². The van der Waals surface area contributed by atoms with Crippen LogP contribution in [0.2, 0.25) is 0 Å². The van der Waals surface area contributed by atoms with Gasteiger partial charge in [-0.3, -0.25) is 14.6 Å². The summed E-state index contributed by atoms with van der Waals surface area (Å²) in [7, 11) is 0. The van der Waals surface area contributed by atoms with Gasteiger partial charge in [0.2, 0.25) is 0 Å². The second-order valence-corrected chi connectivity index (χ2v) is 9.60. The average molecular weight is 503 g/mol. The summed E-state index contributed by atoms with van der Waals surface area (Å²) in [5.41, 5.74) is 2.56. The predicted octanol–water partition coefficient (Wildman–Crippen LogP) is 4.93. The van der Waals surface area contributed by atoms with E-state index in [-0.39, 0.29) is 17.7 Å². The maximum atomic E-state index is 13.5. The third-order valence-electron chi connectivity index (χ3n) is 6.33. The Labute approximate surface area is 192 Å². The van der Waals surface area contributed by atoms with E-state index in [1.54, 1.807) is 23.1 Å². The minimum absolute atomic E-state index is 0.113. The number of phenols is 1. The highest BCUT2D eigenvalue weighted by atomic mass is 79.9. The number of alkyl halides is 1. The van der Waals surface area contributed by atoms with Crippen molar-refractivity contribution in [2.45, 2.75) is 31.3 Å². The molecule has 0 spiro atoms. The van der Waals surface area contributed by atoms with Crippen LogP contribution in [-0.2, 0) is 11.2 Å².